The van der Waals surface area contributed by atoms with E-state index in [1.54, 1.807) is 6.08 Å². The van der Waals surface area contributed by atoms with Gasteiger partial charge in [-0.05, 0) is 93.8 Å². The Morgan fingerprint density at radius 3 is 2.49 bits per heavy atom. The second-order valence-electron chi connectivity index (χ2n) is 18.6. The summed E-state index contributed by atoms with van der Waals surface area (Å²) in [5, 5.41) is 15.1. The summed E-state index contributed by atoms with van der Waals surface area (Å²) in [5.41, 5.74) is 11.5. The number of carboxylic acids is 1. The monoisotopic (exact) mass is 1120 g/mol. The first-order valence-electron chi connectivity index (χ1n) is 25.0. The molecule has 1 amide bonds. The summed E-state index contributed by atoms with van der Waals surface area (Å²) in [4.78, 5) is 92.3. The van der Waals surface area contributed by atoms with Crippen molar-refractivity contribution in [1.82, 2.24) is 29.4 Å². The zero-order valence-electron chi connectivity index (χ0n) is 41.9. The number of nitrogen functional groups attached to an aromatic ring is 1. The van der Waals surface area contributed by atoms with E-state index in [0.717, 1.165) is 74.0 Å². The lowest BCUT2D eigenvalue weighted by Crippen LogP contribution is -2.39. The van der Waals surface area contributed by atoms with Crippen LogP contribution >= 0.6 is 23.5 Å². The smallest absolute Gasteiger partial charge is 0.478 e. The number of carboxylic acid groups (broad SMARTS) is 1. The van der Waals surface area contributed by atoms with E-state index in [1.807, 2.05) is 18.2 Å². The minimum Gasteiger partial charge on any atom is -0.478 e. The predicted octanol–water partition coefficient (Wildman–Crippen LogP) is 4.43. The molecule has 1 fully saturated rings. The number of phosphoric ester groups is 1. The molecule has 4 aliphatic heterocycles. The Bertz CT molecular complexity index is 3460. The number of amides is 1. The van der Waals surface area contributed by atoms with Crippen molar-refractivity contribution in [2.24, 2.45) is 0 Å². The highest BCUT2D eigenvalue weighted by Gasteiger charge is 2.44. The van der Waals surface area contributed by atoms with Crippen molar-refractivity contribution in [3.63, 3.8) is 0 Å². The first-order chi connectivity index (χ1) is 36.7. The van der Waals surface area contributed by atoms with Crippen molar-refractivity contribution < 1.29 is 80.1 Å². The Morgan fingerprint density at radius 1 is 0.922 bits per heavy atom. The lowest BCUT2D eigenvalue weighted by Gasteiger charge is -2.32. The van der Waals surface area contributed by atoms with E-state index in [1.165, 1.54) is 35.4 Å². The lowest BCUT2D eigenvalue weighted by molar-refractivity contribution is -0.117. The summed E-state index contributed by atoms with van der Waals surface area (Å²) in [6.07, 6.45) is 8.71. The molecular formula is C49H58N8O17P3+. The Balaban J connectivity index is 0.842. The minimum absolute atomic E-state index is 0.0167. The summed E-state index contributed by atoms with van der Waals surface area (Å²) >= 11 is 0. The molecule has 410 valence electrons. The summed E-state index contributed by atoms with van der Waals surface area (Å²) < 4.78 is 70.6. The molecule has 5 aromatic rings. The molecule has 5 atom stereocenters. The van der Waals surface area contributed by atoms with Crippen molar-refractivity contribution in [3.05, 3.63) is 111 Å². The number of allylic oxidation sites excluding steroid dienone is 1. The van der Waals surface area contributed by atoms with Gasteiger partial charge in [0.25, 0.3) is 5.91 Å². The van der Waals surface area contributed by atoms with Crippen molar-refractivity contribution in [2.45, 2.75) is 83.6 Å². The maximum absolute atomic E-state index is 13.8. The third-order valence-corrected chi connectivity index (χ3v) is 17.5. The van der Waals surface area contributed by atoms with Crippen LogP contribution in [-0.4, -0.2) is 120 Å². The van der Waals surface area contributed by atoms with Gasteiger partial charge in [0.2, 0.25) is 11.1 Å². The van der Waals surface area contributed by atoms with E-state index in [9.17, 15) is 43.0 Å². The molecule has 9 rings (SSSR count). The number of benzene rings is 3. The number of nitrogens with zero attached hydrogens (tertiary/aromatic N) is 6. The summed E-state index contributed by atoms with van der Waals surface area (Å²) in [6.45, 7) is 7.08. The molecule has 25 nitrogen and oxygen atoms in total. The number of rotatable bonds is 22. The number of aryl methyl sites for hydroxylation is 2. The van der Waals surface area contributed by atoms with Gasteiger partial charge >= 0.3 is 29.4 Å². The molecule has 3 aromatic carbocycles. The number of ether oxygens (including phenoxy) is 3. The largest absolute Gasteiger partial charge is 0.490 e. The molecule has 2 unspecified atom stereocenters. The van der Waals surface area contributed by atoms with Crippen LogP contribution in [0.4, 0.5) is 11.5 Å². The Morgan fingerprint density at radius 2 is 1.73 bits per heavy atom. The maximum Gasteiger partial charge on any atom is 0.490 e. The summed E-state index contributed by atoms with van der Waals surface area (Å²) in [6, 6.07) is 12.5. The summed E-state index contributed by atoms with van der Waals surface area (Å²) in [7, 11) is -16.9. The number of anilines is 2. The molecule has 6 heterocycles. The fourth-order valence-corrected chi connectivity index (χ4v) is 13.2. The molecule has 2 aromatic heterocycles. The van der Waals surface area contributed by atoms with Crippen LogP contribution in [0.1, 0.15) is 102 Å². The van der Waals surface area contributed by atoms with Gasteiger partial charge in [-0.15, -0.1) is 0 Å². The number of aromatic nitrogens is 4. The van der Waals surface area contributed by atoms with Crippen LogP contribution in [-0.2, 0) is 54.0 Å². The van der Waals surface area contributed by atoms with Crippen LogP contribution in [0.25, 0.3) is 16.7 Å². The zero-order chi connectivity index (χ0) is 54.8. The SMILES string of the molecule is CCN1CCCc2cc3c(cc21)Oc1cc2c(cc1=C3c1cc(C(=O)C(=O)NCCCC/C=C/CO[C@H]3C[C@H](n4cnc5c(N)ncnc54)O[C@@H]3COP(=O)(O)OP(=O)(O)OP(=O)(O)O)ccc1C(=O)O)CCC[N+]=2CC. The molecule has 0 bridgehead atoms. The third-order valence-electron chi connectivity index (χ3n) is 13.7. The molecule has 0 radical (unpaired) electrons. The number of hydrogen-bond acceptors (Lipinski definition) is 17. The van der Waals surface area contributed by atoms with Crippen molar-refractivity contribution in [3.8, 4) is 11.5 Å². The predicted molar refractivity (Wildman–Crippen MR) is 277 cm³/mol. The number of hydrogen-bond donors (Lipinski definition) is 7. The van der Waals surface area contributed by atoms with Gasteiger partial charge in [-0.25, -0.2) is 38.0 Å². The van der Waals surface area contributed by atoms with Gasteiger partial charge in [0.05, 0.1) is 37.3 Å². The van der Waals surface area contributed by atoms with Crippen LogP contribution in [0.2, 0.25) is 0 Å². The van der Waals surface area contributed by atoms with Gasteiger partial charge in [0.1, 0.15) is 48.8 Å². The van der Waals surface area contributed by atoms with Gasteiger partial charge < -0.3 is 54.8 Å². The number of nitrogens with two attached hydrogens (primary N) is 1. The van der Waals surface area contributed by atoms with Crippen molar-refractivity contribution >= 4 is 69.4 Å². The fraction of sp³-hybridized carbons (Fsp3) is 0.408. The molecule has 0 spiro atoms. The van der Waals surface area contributed by atoms with E-state index in [2.05, 4.69) is 64.3 Å². The van der Waals surface area contributed by atoms with E-state index < -0.39 is 66.2 Å². The second kappa shape index (κ2) is 23.1. The van der Waals surface area contributed by atoms with Crippen LogP contribution in [0.15, 0.2) is 67.3 Å². The average Bonchev–Trinajstić information content (AvgIpc) is 4.02. The minimum atomic E-state index is -5.77. The lowest BCUT2D eigenvalue weighted by atomic mass is 9.85. The van der Waals surface area contributed by atoms with Gasteiger partial charge in [0, 0.05) is 71.7 Å². The Labute approximate surface area is 440 Å². The van der Waals surface area contributed by atoms with E-state index in [0.29, 0.717) is 58.3 Å². The zero-order valence-corrected chi connectivity index (χ0v) is 44.6. The van der Waals surface area contributed by atoms with E-state index in [-0.39, 0.29) is 42.0 Å². The van der Waals surface area contributed by atoms with Crippen LogP contribution in [0, 0.1) is 0 Å². The number of nitrogens with one attached hydrogen (secondary N) is 1. The molecule has 77 heavy (non-hydrogen) atoms. The number of phosphoric acid groups is 3. The number of carbonyl (C=O) groups excluding carboxylic acids is 2. The Hall–Kier alpha value is -6.04. The number of unbranched alkanes of at least 4 members (excludes halogenated alkanes) is 2. The second-order valence-corrected chi connectivity index (χ2v) is 23.0. The summed E-state index contributed by atoms with van der Waals surface area (Å²) in [5.74, 6) is -1.58. The Kier molecular flexibility index (Phi) is 16.7. The fourth-order valence-electron chi connectivity index (χ4n) is 10.1. The highest BCUT2D eigenvalue weighted by Crippen LogP contribution is 2.66. The van der Waals surface area contributed by atoms with E-state index >= 15 is 0 Å². The van der Waals surface area contributed by atoms with Crippen LogP contribution in [0.3, 0.4) is 0 Å². The molecule has 0 saturated carbocycles. The van der Waals surface area contributed by atoms with E-state index in [4.69, 9.17) is 34.3 Å². The van der Waals surface area contributed by atoms with Gasteiger partial charge in [-0.1, -0.05) is 12.2 Å². The average molecular weight is 1120 g/mol. The first kappa shape index (κ1) is 55.7. The standard InChI is InChI=1S/C49H57N8O17P3/c1-3-55-17-10-12-29-20-34-38(23-36(29)55)71-39-24-37-30(13-11-18-56(37)4-2)21-35(39)43(34)33-22-31(14-15-32(33)49(60)61)45(58)48(59)51-16-8-6-5-7-9-19-69-40-25-42(57-28-54-44-46(50)52-27-53-47(44)57)72-41(40)26-70-76(65,66)74-77(67,68)73-75(62,63)64/h7,9,14-15,20-24,27-28,40-42H,3-6,8,10-13,16-19,25-26H2,1-2H3,(H7-,50,51,52,53,59,60,61,62,63,64,65,66,67,68)/p+1/b9-7+/t40-,41+,42+/m0/s1. The highest BCUT2D eigenvalue weighted by atomic mass is 31.3. The number of aromatic carboxylic acids is 1. The number of ketones is 1. The van der Waals surface area contributed by atoms with Crippen LogP contribution in [0.5, 0.6) is 11.5 Å². The number of carbonyl (C=O) groups is 3. The van der Waals surface area contributed by atoms with Gasteiger partial charge in [-0.3, -0.25) is 18.7 Å². The topological polar surface area (TPSA) is 347 Å². The number of fused-ring (bicyclic) bond motifs is 5. The van der Waals surface area contributed by atoms with Gasteiger partial charge in [0.15, 0.2) is 11.5 Å². The van der Waals surface area contributed by atoms with Crippen LogP contribution < -0.4 is 35.8 Å². The molecule has 0 aliphatic carbocycles. The molecule has 4 aliphatic rings. The normalized spacial score (nSPS) is 19.7. The third kappa shape index (κ3) is 12.6. The molecule has 8 N–H and O–H groups in total. The maximum atomic E-state index is 13.8. The molecule has 1 saturated heterocycles. The molecule has 28 heteroatoms. The quantitative estimate of drug-likeness (QED) is 0.0123. The van der Waals surface area contributed by atoms with Crippen molar-refractivity contribution in [2.75, 3.05) is 56.6 Å². The van der Waals surface area contributed by atoms with Gasteiger partial charge in [-0.2, -0.15) is 8.62 Å². The molecular weight excluding hydrogens is 1070 g/mol. The highest BCUT2D eigenvalue weighted by molar-refractivity contribution is 7.66. The number of imidazole rings is 1. The first-order valence-corrected chi connectivity index (χ1v) is 29.5. The van der Waals surface area contributed by atoms with Crippen molar-refractivity contribution in [1.29, 1.82) is 0 Å². The number of Topliss-reactive ketones (excluding diaryl/α,β-unsaturated/α-hetero) is 1.